The van der Waals surface area contributed by atoms with Crippen molar-refractivity contribution in [1.29, 1.82) is 0 Å². The smallest absolute Gasteiger partial charge is 0.265 e. The Morgan fingerprint density at radius 1 is 1.25 bits per heavy atom. The van der Waals surface area contributed by atoms with Gasteiger partial charge in [0.15, 0.2) is 5.82 Å². The van der Waals surface area contributed by atoms with E-state index >= 15 is 0 Å². The summed E-state index contributed by atoms with van der Waals surface area (Å²) in [6.45, 7) is 4.24. The number of aryl methyl sites for hydroxylation is 1. The third-order valence-corrected chi connectivity index (χ3v) is 4.16. The molecular weight excluding hydrogens is 308 g/mol. The molecule has 0 aromatic carbocycles. The highest BCUT2D eigenvalue weighted by atomic mass is 16.5. The molecule has 0 aliphatic carbocycles. The van der Waals surface area contributed by atoms with Crippen molar-refractivity contribution in [3.05, 3.63) is 23.5 Å². The first kappa shape index (κ1) is 16.6. The van der Waals surface area contributed by atoms with Gasteiger partial charge in [-0.15, -0.1) is 0 Å². The van der Waals surface area contributed by atoms with Crippen LogP contribution in [-0.4, -0.2) is 54.4 Å². The van der Waals surface area contributed by atoms with Gasteiger partial charge in [-0.2, -0.15) is 4.98 Å². The summed E-state index contributed by atoms with van der Waals surface area (Å²) in [6, 6.07) is 2.02. The van der Waals surface area contributed by atoms with Gasteiger partial charge in [0.2, 0.25) is 5.89 Å². The zero-order valence-electron chi connectivity index (χ0n) is 14.7. The molecular formula is C16H24N6O2. The van der Waals surface area contributed by atoms with Crippen LogP contribution in [-0.2, 0) is 11.3 Å². The Balaban J connectivity index is 1.66. The minimum absolute atomic E-state index is 0.309. The van der Waals surface area contributed by atoms with Gasteiger partial charge in [0, 0.05) is 52.0 Å². The van der Waals surface area contributed by atoms with E-state index in [0.29, 0.717) is 18.5 Å². The molecule has 0 amide bonds. The van der Waals surface area contributed by atoms with Crippen LogP contribution in [0.4, 0.5) is 11.8 Å². The Bertz CT molecular complexity index is 679. The summed E-state index contributed by atoms with van der Waals surface area (Å²) in [4.78, 5) is 17.6. The molecule has 0 atom stereocenters. The lowest BCUT2D eigenvalue weighted by atomic mass is 9.97. The van der Waals surface area contributed by atoms with Crippen molar-refractivity contribution in [2.75, 3.05) is 44.1 Å². The minimum atomic E-state index is 0.309. The lowest BCUT2D eigenvalue weighted by Crippen LogP contribution is -2.34. The Morgan fingerprint density at radius 2 is 2.00 bits per heavy atom. The van der Waals surface area contributed by atoms with Crippen molar-refractivity contribution in [2.24, 2.45) is 0 Å². The molecule has 24 heavy (non-hydrogen) atoms. The highest BCUT2D eigenvalue weighted by molar-refractivity contribution is 5.40. The van der Waals surface area contributed by atoms with Crippen LogP contribution in [0, 0.1) is 6.92 Å². The third kappa shape index (κ3) is 3.64. The van der Waals surface area contributed by atoms with E-state index in [-0.39, 0.29) is 0 Å². The normalized spacial score (nSPS) is 15.8. The van der Waals surface area contributed by atoms with Crippen LogP contribution in [0.2, 0.25) is 0 Å². The van der Waals surface area contributed by atoms with Crippen molar-refractivity contribution in [2.45, 2.75) is 32.3 Å². The Labute approximate surface area is 141 Å². The Hall–Kier alpha value is -2.22. The van der Waals surface area contributed by atoms with Crippen LogP contribution >= 0.6 is 0 Å². The number of hydrogen-bond acceptors (Lipinski definition) is 8. The van der Waals surface area contributed by atoms with Gasteiger partial charge in [0.25, 0.3) is 5.95 Å². The summed E-state index contributed by atoms with van der Waals surface area (Å²) in [7, 11) is 5.47. The van der Waals surface area contributed by atoms with Gasteiger partial charge in [-0.25, -0.2) is 9.97 Å². The second-order valence-electron chi connectivity index (χ2n) is 6.31. The van der Waals surface area contributed by atoms with Gasteiger partial charge in [0.05, 0.1) is 0 Å². The first-order valence-electron chi connectivity index (χ1n) is 8.16. The molecule has 0 saturated carbocycles. The molecule has 1 saturated heterocycles. The van der Waals surface area contributed by atoms with Crippen LogP contribution in [0.15, 0.2) is 10.6 Å². The van der Waals surface area contributed by atoms with Crippen LogP contribution in [0.5, 0.6) is 0 Å². The standard InChI is InChI=1S/C16H24N6O2/c1-11-9-14(18-13(17-11)10-23-4)22-7-5-12(6-8-22)15-19-16(20-24-15)21(2)3/h9,12H,5-8,10H2,1-4H3. The number of rotatable bonds is 5. The molecule has 130 valence electrons. The molecule has 1 aliphatic rings. The molecule has 0 radical (unpaired) electrons. The summed E-state index contributed by atoms with van der Waals surface area (Å²) in [5.74, 6) is 3.36. The molecule has 1 fully saturated rings. The van der Waals surface area contributed by atoms with E-state index in [2.05, 4.69) is 25.0 Å². The highest BCUT2D eigenvalue weighted by Crippen LogP contribution is 2.29. The van der Waals surface area contributed by atoms with Crippen molar-refractivity contribution < 1.29 is 9.26 Å². The zero-order valence-corrected chi connectivity index (χ0v) is 14.7. The quantitative estimate of drug-likeness (QED) is 0.819. The molecule has 2 aromatic heterocycles. The maximum atomic E-state index is 5.41. The molecule has 2 aromatic rings. The van der Waals surface area contributed by atoms with Crippen LogP contribution in [0.1, 0.15) is 36.2 Å². The van der Waals surface area contributed by atoms with Crippen molar-refractivity contribution in [3.8, 4) is 0 Å². The molecule has 0 bridgehead atoms. The van der Waals surface area contributed by atoms with Crippen molar-refractivity contribution in [3.63, 3.8) is 0 Å². The molecule has 8 heteroatoms. The Morgan fingerprint density at radius 3 is 2.62 bits per heavy atom. The fraction of sp³-hybridized carbons (Fsp3) is 0.625. The maximum Gasteiger partial charge on any atom is 0.265 e. The van der Waals surface area contributed by atoms with Gasteiger partial charge < -0.3 is 19.1 Å². The van der Waals surface area contributed by atoms with Gasteiger partial charge in [-0.3, -0.25) is 0 Å². The number of methoxy groups -OCH3 is 1. The lowest BCUT2D eigenvalue weighted by molar-refractivity contribution is 0.177. The summed E-state index contributed by atoms with van der Waals surface area (Å²) >= 11 is 0. The fourth-order valence-electron chi connectivity index (χ4n) is 2.90. The number of anilines is 2. The molecule has 0 N–H and O–H groups in total. The monoisotopic (exact) mass is 332 g/mol. The minimum Gasteiger partial charge on any atom is -0.377 e. The average molecular weight is 332 g/mol. The van der Waals surface area contributed by atoms with Crippen molar-refractivity contribution >= 4 is 11.8 Å². The highest BCUT2D eigenvalue weighted by Gasteiger charge is 2.26. The van der Waals surface area contributed by atoms with E-state index in [1.165, 1.54) is 0 Å². The number of nitrogens with zero attached hydrogens (tertiary/aromatic N) is 6. The van der Waals surface area contributed by atoms with Gasteiger partial charge in [0.1, 0.15) is 12.4 Å². The predicted molar refractivity (Wildman–Crippen MR) is 90.3 cm³/mol. The first-order chi connectivity index (χ1) is 11.6. The largest absolute Gasteiger partial charge is 0.377 e. The number of piperidine rings is 1. The van der Waals surface area contributed by atoms with Gasteiger partial charge in [-0.05, 0) is 24.9 Å². The van der Waals surface area contributed by atoms with Crippen LogP contribution < -0.4 is 9.80 Å². The third-order valence-electron chi connectivity index (χ3n) is 4.16. The predicted octanol–water partition coefficient (Wildman–Crippen LogP) is 1.76. The molecule has 0 spiro atoms. The van der Waals surface area contributed by atoms with E-state index in [1.807, 2.05) is 32.0 Å². The SMILES string of the molecule is COCc1nc(C)cc(N2CCC(c3nc(N(C)C)no3)CC2)n1. The van der Waals surface area contributed by atoms with E-state index in [4.69, 9.17) is 9.26 Å². The van der Waals surface area contributed by atoms with Crippen LogP contribution in [0.25, 0.3) is 0 Å². The lowest BCUT2D eigenvalue weighted by Gasteiger charge is -2.31. The van der Waals surface area contributed by atoms with Crippen LogP contribution in [0.3, 0.4) is 0 Å². The summed E-state index contributed by atoms with van der Waals surface area (Å²) in [6.07, 6.45) is 1.94. The van der Waals surface area contributed by atoms with Gasteiger partial charge >= 0.3 is 0 Å². The number of hydrogen-bond donors (Lipinski definition) is 0. The van der Waals surface area contributed by atoms with E-state index < -0.39 is 0 Å². The molecule has 3 rings (SSSR count). The van der Waals surface area contributed by atoms with Crippen molar-refractivity contribution in [1.82, 2.24) is 20.1 Å². The summed E-state index contributed by atoms with van der Waals surface area (Å²) in [5, 5.41) is 4.00. The Kier molecular flexibility index (Phi) is 4.94. The molecule has 8 nitrogen and oxygen atoms in total. The molecule has 1 aliphatic heterocycles. The second kappa shape index (κ2) is 7.12. The average Bonchev–Trinajstić information content (AvgIpc) is 3.05. The number of ether oxygens (including phenoxy) is 1. The maximum absolute atomic E-state index is 5.41. The molecule has 0 unspecified atom stereocenters. The van der Waals surface area contributed by atoms with E-state index in [9.17, 15) is 0 Å². The first-order valence-corrected chi connectivity index (χ1v) is 8.16. The van der Waals surface area contributed by atoms with Gasteiger partial charge in [-0.1, -0.05) is 0 Å². The van der Waals surface area contributed by atoms with E-state index in [1.54, 1.807) is 7.11 Å². The fourth-order valence-corrected chi connectivity index (χ4v) is 2.90. The zero-order chi connectivity index (χ0) is 17.1. The summed E-state index contributed by atoms with van der Waals surface area (Å²) < 4.78 is 10.6. The number of aromatic nitrogens is 4. The van der Waals surface area contributed by atoms with E-state index in [0.717, 1.165) is 49.2 Å². The summed E-state index contributed by atoms with van der Waals surface area (Å²) in [5.41, 5.74) is 0.960. The second-order valence-corrected chi connectivity index (χ2v) is 6.31. The topological polar surface area (TPSA) is 80.4 Å². The molecule has 3 heterocycles.